The molecule has 0 aromatic carbocycles. The monoisotopic (exact) mass is 333 g/mol. The van der Waals surface area contributed by atoms with E-state index in [1.54, 1.807) is 29.8 Å². The van der Waals surface area contributed by atoms with Gasteiger partial charge in [0.1, 0.15) is 17.3 Å². The lowest BCUT2D eigenvalue weighted by atomic mass is 10.1. The van der Waals surface area contributed by atoms with Gasteiger partial charge in [-0.3, -0.25) is 4.79 Å². The van der Waals surface area contributed by atoms with Gasteiger partial charge in [-0.15, -0.1) is 12.4 Å². The summed E-state index contributed by atoms with van der Waals surface area (Å²) < 4.78 is 1.57. The van der Waals surface area contributed by atoms with Gasteiger partial charge < -0.3 is 14.8 Å². The Morgan fingerprint density at radius 1 is 1.39 bits per heavy atom. The van der Waals surface area contributed by atoms with Crippen LogP contribution in [-0.4, -0.2) is 34.7 Å². The van der Waals surface area contributed by atoms with Crippen molar-refractivity contribution in [3.63, 3.8) is 0 Å². The molecule has 0 aliphatic carbocycles. The van der Waals surface area contributed by atoms with Gasteiger partial charge in [0.15, 0.2) is 0 Å². The van der Waals surface area contributed by atoms with E-state index in [1.165, 1.54) is 0 Å². The number of aryl methyl sites for hydroxylation is 1. The van der Waals surface area contributed by atoms with E-state index in [2.05, 4.69) is 35.1 Å². The average Bonchev–Trinajstić information content (AvgIpc) is 2.53. The van der Waals surface area contributed by atoms with E-state index in [0.29, 0.717) is 17.3 Å². The average molecular weight is 334 g/mol. The van der Waals surface area contributed by atoms with Crippen molar-refractivity contribution in [1.82, 2.24) is 14.9 Å². The number of nitriles is 1. The molecule has 6 nitrogen and oxygen atoms in total. The van der Waals surface area contributed by atoms with Crippen molar-refractivity contribution in [2.75, 3.05) is 18.0 Å². The molecule has 0 bridgehead atoms. The lowest BCUT2D eigenvalue weighted by molar-refractivity contribution is 0.425. The summed E-state index contributed by atoms with van der Waals surface area (Å²) in [6.45, 7) is 5.91. The van der Waals surface area contributed by atoms with Crippen LogP contribution < -0.4 is 15.8 Å². The van der Waals surface area contributed by atoms with Crippen LogP contribution in [0.4, 0.5) is 5.69 Å². The summed E-state index contributed by atoms with van der Waals surface area (Å²) in [7, 11) is 1.73. The third kappa shape index (κ3) is 3.03. The van der Waals surface area contributed by atoms with Gasteiger partial charge in [0.25, 0.3) is 5.56 Å². The first-order chi connectivity index (χ1) is 10.5. The van der Waals surface area contributed by atoms with Gasteiger partial charge in [-0.1, -0.05) is 0 Å². The topological polar surface area (TPSA) is 74.0 Å². The maximum atomic E-state index is 12.3. The molecule has 1 fully saturated rings. The molecular weight excluding hydrogens is 314 g/mol. The quantitative estimate of drug-likeness (QED) is 0.854. The Morgan fingerprint density at radius 3 is 2.83 bits per heavy atom. The molecular formula is C16H20ClN5O. The van der Waals surface area contributed by atoms with Crippen molar-refractivity contribution in [2.24, 2.45) is 7.05 Å². The molecule has 7 heteroatoms. The van der Waals surface area contributed by atoms with Gasteiger partial charge in [0, 0.05) is 38.3 Å². The number of hydrogen-bond donors (Lipinski definition) is 1. The molecule has 3 rings (SSSR count). The highest BCUT2D eigenvalue weighted by atomic mass is 35.5. The van der Waals surface area contributed by atoms with Crippen LogP contribution in [0.25, 0.3) is 11.0 Å². The third-order valence-electron chi connectivity index (χ3n) is 4.26. The largest absolute Gasteiger partial charge is 0.364 e. The van der Waals surface area contributed by atoms with E-state index in [1.807, 2.05) is 0 Å². The number of pyridine rings is 2. The van der Waals surface area contributed by atoms with Gasteiger partial charge in [-0.2, -0.15) is 5.26 Å². The molecule has 0 unspecified atom stereocenters. The summed E-state index contributed by atoms with van der Waals surface area (Å²) in [5.74, 6) is 0. The Balaban J connectivity index is 0.00000192. The molecule has 2 aromatic rings. The molecule has 1 aliphatic rings. The molecule has 1 saturated heterocycles. The lowest BCUT2D eigenvalue weighted by Crippen LogP contribution is -2.54. The number of nitrogens with one attached hydrogen (secondary N) is 1. The first-order valence-electron chi connectivity index (χ1n) is 7.42. The Morgan fingerprint density at radius 2 is 2.13 bits per heavy atom. The Bertz CT molecular complexity index is 826. The minimum Gasteiger partial charge on any atom is -0.364 e. The van der Waals surface area contributed by atoms with Crippen LogP contribution in [0, 0.1) is 11.3 Å². The third-order valence-corrected chi connectivity index (χ3v) is 4.26. The van der Waals surface area contributed by atoms with E-state index in [-0.39, 0.29) is 24.0 Å². The number of fused-ring (bicyclic) bond motifs is 1. The molecule has 3 heterocycles. The van der Waals surface area contributed by atoms with E-state index < -0.39 is 0 Å². The number of piperazine rings is 1. The Hall–Kier alpha value is -2.10. The number of halogens is 1. The summed E-state index contributed by atoms with van der Waals surface area (Å²) in [6, 6.07) is 7.75. The van der Waals surface area contributed by atoms with Crippen LogP contribution in [-0.2, 0) is 7.05 Å². The SMILES string of the molecule is C[C@@H]1CN(c2cc(=O)n(C)c3ccc(C#N)nc23)[C@@H](C)CN1.Cl. The second kappa shape index (κ2) is 6.57. The van der Waals surface area contributed by atoms with E-state index >= 15 is 0 Å². The predicted octanol–water partition coefficient (Wildman–Crippen LogP) is 1.41. The second-order valence-electron chi connectivity index (χ2n) is 5.91. The zero-order chi connectivity index (χ0) is 15.9. The van der Waals surface area contributed by atoms with Crippen LogP contribution in [0.2, 0.25) is 0 Å². The van der Waals surface area contributed by atoms with Crippen molar-refractivity contribution in [1.29, 1.82) is 5.26 Å². The van der Waals surface area contributed by atoms with Crippen LogP contribution in [0.15, 0.2) is 23.0 Å². The molecule has 0 spiro atoms. The summed E-state index contributed by atoms with van der Waals surface area (Å²) >= 11 is 0. The van der Waals surface area contributed by atoms with E-state index in [9.17, 15) is 4.79 Å². The molecule has 0 radical (unpaired) electrons. The molecule has 1 N–H and O–H groups in total. The second-order valence-corrected chi connectivity index (χ2v) is 5.91. The first-order valence-corrected chi connectivity index (χ1v) is 7.42. The zero-order valence-electron chi connectivity index (χ0n) is 13.4. The fourth-order valence-corrected chi connectivity index (χ4v) is 2.95. The first kappa shape index (κ1) is 17.3. The van der Waals surface area contributed by atoms with Gasteiger partial charge in [-0.05, 0) is 26.0 Å². The summed E-state index contributed by atoms with van der Waals surface area (Å²) in [6.07, 6.45) is 0. The number of aromatic nitrogens is 2. The lowest BCUT2D eigenvalue weighted by Gasteiger charge is -2.39. The molecule has 0 amide bonds. The molecule has 2 aromatic heterocycles. The molecule has 1 aliphatic heterocycles. The minimum atomic E-state index is -0.0626. The van der Waals surface area contributed by atoms with E-state index in [4.69, 9.17) is 5.26 Å². The number of anilines is 1. The Labute approximate surface area is 141 Å². The highest BCUT2D eigenvalue weighted by molar-refractivity contribution is 5.89. The normalized spacial score (nSPS) is 20.9. The van der Waals surface area contributed by atoms with Crippen LogP contribution in [0.3, 0.4) is 0 Å². The molecule has 122 valence electrons. The van der Waals surface area contributed by atoms with Crippen molar-refractivity contribution in [2.45, 2.75) is 25.9 Å². The summed E-state index contributed by atoms with van der Waals surface area (Å²) in [5, 5.41) is 12.5. The maximum Gasteiger partial charge on any atom is 0.252 e. The standard InChI is InChI=1S/C16H19N5O.ClH/c1-10-9-21(11(2)8-18-10)14-6-15(22)20(3)13-5-4-12(7-17)19-16(13)14;/h4-6,10-11,18H,8-9H2,1-3H3;1H/t10-,11+;/m1./s1. The van der Waals surface area contributed by atoms with Gasteiger partial charge in [-0.25, -0.2) is 4.98 Å². The van der Waals surface area contributed by atoms with Crippen LogP contribution in [0.1, 0.15) is 19.5 Å². The molecule has 0 saturated carbocycles. The molecule has 2 atom stereocenters. The fourth-order valence-electron chi connectivity index (χ4n) is 2.95. The molecule has 23 heavy (non-hydrogen) atoms. The van der Waals surface area contributed by atoms with Crippen molar-refractivity contribution < 1.29 is 0 Å². The Kier molecular flexibility index (Phi) is 4.93. The highest BCUT2D eigenvalue weighted by Crippen LogP contribution is 2.26. The van der Waals surface area contributed by atoms with E-state index in [0.717, 1.165) is 24.3 Å². The zero-order valence-corrected chi connectivity index (χ0v) is 14.2. The number of rotatable bonds is 1. The summed E-state index contributed by atoms with van der Waals surface area (Å²) in [4.78, 5) is 18.9. The van der Waals surface area contributed by atoms with Gasteiger partial charge >= 0.3 is 0 Å². The highest BCUT2D eigenvalue weighted by Gasteiger charge is 2.25. The minimum absolute atomic E-state index is 0. The van der Waals surface area contributed by atoms with Crippen molar-refractivity contribution in [3.05, 3.63) is 34.2 Å². The summed E-state index contributed by atoms with van der Waals surface area (Å²) in [5.41, 5.74) is 2.58. The van der Waals surface area contributed by atoms with Crippen LogP contribution >= 0.6 is 12.4 Å². The van der Waals surface area contributed by atoms with Crippen molar-refractivity contribution in [3.8, 4) is 6.07 Å². The van der Waals surface area contributed by atoms with Crippen LogP contribution in [0.5, 0.6) is 0 Å². The number of nitrogens with zero attached hydrogens (tertiary/aromatic N) is 4. The smallest absolute Gasteiger partial charge is 0.252 e. The maximum absolute atomic E-state index is 12.3. The number of hydrogen-bond acceptors (Lipinski definition) is 5. The van der Waals surface area contributed by atoms with Crippen molar-refractivity contribution >= 4 is 29.1 Å². The predicted molar refractivity (Wildman–Crippen MR) is 93.2 cm³/mol. The van der Waals surface area contributed by atoms with Gasteiger partial charge in [0.2, 0.25) is 0 Å². The van der Waals surface area contributed by atoms with Gasteiger partial charge in [0.05, 0.1) is 11.2 Å². The fraction of sp³-hybridized carbons (Fsp3) is 0.438.